The summed E-state index contributed by atoms with van der Waals surface area (Å²) in [6.07, 6.45) is 0.296. The number of aliphatic hydroxyl groups excluding tert-OH is 1. The molecule has 0 aromatic heterocycles. The molecular weight excluding hydrogens is 436 g/mol. The predicted molar refractivity (Wildman–Crippen MR) is 122 cm³/mol. The lowest BCUT2D eigenvalue weighted by molar-refractivity contribution is -0.142. The summed E-state index contributed by atoms with van der Waals surface area (Å²) in [7, 11) is 0. The summed E-state index contributed by atoms with van der Waals surface area (Å²) in [5, 5.41) is 26.3. The lowest BCUT2D eigenvalue weighted by atomic mass is 10.0. The lowest BCUT2D eigenvalue weighted by Gasteiger charge is -2.25. The third-order valence-electron chi connectivity index (χ3n) is 4.59. The molecule has 178 valence electrons. The number of carboxylic acids is 1. The highest BCUT2D eigenvalue weighted by Crippen LogP contribution is 2.07. The van der Waals surface area contributed by atoms with Gasteiger partial charge in [0, 0.05) is 12.2 Å². The molecule has 0 saturated carbocycles. The zero-order valence-electron chi connectivity index (χ0n) is 18.2. The summed E-state index contributed by atoms with van der Waals surface area (Å²) >= 11 is 3.96. The maximum atomic E-state index is 12.7. The largest absolute Gasteiger partial charge is 0.480 e. The van der Waals surface area contributed by atoms with E-state index in [-0.39, 0.29) is 24.5 Å². The minimum Gasteiger partial charge on any atom is -0.480 e. The molecular formula is C21H32N4O6S. The van der Waals surface area contributed by atoms with E-state index >= 15 is 0 Å². The monoisotopic (exact) mass is 468 g/mol. The van der Waals surface area contributed by atoms with Crippen LogP contribution in [0.15, 0.2) is 30.3 Å². The van der Waals surface area contributed by atoms with E-state index in [0.29, 0.717) is 5.56 Å². The highest BCUT2D eigenvalue weighted by molar-refractivity contribution is 7.80. The number of benzene rings is 1. The Morgan fingerprint density at radius 3 is 1.97 bits per heavy atom. The smallest absolute Gasteiger partial charge is 0.326 e. The number of thiol groups is 1. The Morgan fingerprint density at radius 2 is 1.47 bits per heavy atom. The van der Waals surface area contributed by atoms with Crippen LogP contribution in [0.2, 0.25) is 0 Å². The number of carbonyl (C=O) groups is 4. The molecule has 10 nitrogen and oxygen atoms in total. The number of rotatable bonds is 13. The van der Waals surface area contributed by atoms with Crippen molar-refractivity contribution in [3.8, 4) is 0 Å². The van der Waals surface area contributed by atoms with Crippen molar-refractivity contribution < 1.29 is 29.4 Å². The molecule has 7 N–H and O–H groups in total. The molecule has 0 saturated heterocycles. The third kappa shape index (κ3) is 9.25. The van der Waals surface area contributed by atoms with E-state index in [4.69, 9.17) is 5.73 Å². The number of hydrogen-bond acceptors (Lipinski definition) is 7. The maximum Gasteiger partial charge on any atom is 0.326 e. The van der Waals surface area contributed by atoms with Crippen molar-refractivity contribution in [2.45, 2.75) is 50.9 Å². The van der Waals surface area contributed by atoms with Crippen LogP contribution >= 0.6 is 12.6 Å². The van der Waals surface area contributed by atoms with E-state index in [2.05, 4.69) is 28.6 Å². The van der Waals surface area contributed by atoms with Crippen LogP contribution in [0.5, 0.6) is 0 Å². The van der Waals surface area contributed by atoms with E-state index < -0.39 is 54.5 Å². The second-order valence-corrected chi connectivity index (χ2v) is 8.18. The van der Waals surface area contributed by atoms with Crippen LogP contribution in [0.25, 0.3) is 0 Å². The Balaban J connectivity index is 2.85. The molecule has 1 aromatic carbocycles. The number of hydrogen-bond donors (Lipinski definition) is 7. The fourth-order valence-corrected chi connectivity index (χ4v) is 3.02. The van der Waals surface area contributed by atoms with Gasteiger partial charge in [0.25, 0.3) is 0 Å². The first-order valence-corrected chi connectivity index (χ1v) is 10.9. The first-order valence-electron chi connectivity index (χ1n) is 10.2. The highest BCUT2D eigenvalue weighted by atomic mass is 32.1. The van der Waals surface area contributed by atoms with Gasteiger partial charge in [-0.25, -0.2) is 4.79 Å². The summed E-state index contributed by atoms with van der Waals surface area (Å²) in [5.41, 5.74) is 6.34. The molecule has 0 aliphatic carbocycles. The van der Waals surface area contributed by atoms with Gasteiger partial charge >= 0.3 is 5.97 Å². The third-order valence-corrected chi connectivity index (χ3v) is 4.98. The number of nitrogens with two attached hydrogens (primary N) is 1. The summed E-state index contributed by atoms with van der Waals surface area (Å²) in [4.78, 5) is 49.0. The van der Waals surface area contributed by atoms with Gasteiger partial charge in [-0.05, 0) is 17.9 Å². The number of aliphatic carboxylic acids is 1. The van der Waals surface area contributed by atoms with Crippen molar-refractivity contribution in [1.82, 2.24) is 16.0 Å². The van der Waals surface area contributed by atoms with Crippen LogP contribution in [0, 0.1) is 5.92 Å². The molecule has 0 aliphatic heterocycles. The first kappa shape index (κ1) is 27.4. The van der Waals surface area contributed by atoms with Crippen LogP contribution in [-0.4, -0.2) is 70.4 Å². The fourth-order valence-electron chi connectivity index (χ4n) is 2.85. The van der Waals surface area contributed by atoms with E-state index in [1.165, 1.54) is 0 Å². The molecule has 4 atom stereocenters. The Hall–Kier alpha value is -2.63. The van der Waals surface area contributed by atoms with Gasteiger partial charge in [0.15, 0.2) is 0 Å². The molecule has 3 amide bonds. The summed E-state index contributed by atoms with van der Waals surface area (Å²) in [5.74, 6) is -3.26. The second kappa shape index (κ2) is 13.7. The minimum absolute atomic E-state index is 0.0294. The normalized spacial score (nSPS) is 14.7. The zero-order valence-corrected chi connectivity index (χ0v) is 19.0. The summed E-state index contributed by atoms with van der Waals surface area (Å²) in [6.45, 7) is 2.94. The van der Waals surface area contributed by atoms with Crippen molar-refractivity contribution in [2.75, 3.05) is 12.4 Å². The fraction of sp³-hybridized carbons (Fsp3) is 0.524. The SMILES string of the molecule is CC(C)CC(NC(=O)C(N)CS)C(=O)NC(CO)C(=O)NC(Cc1ccccc1)C(=O)O. The van der Waals surface area contributed by atoms with Gasteiger partial charge in [0.1, 0.15) is 18.1 Å². The minimum atomic E-state index is -1.40. The molecule has 0 heterocycles. The lowest BCUT2D eigenvalue weighted by Crippen LogP contribution is -2.58. The summed E-state index contributed by atoms with van der Waals surface area (Å²) in [6, 6.07) is 4.17. The van der Waals surface area contributed by atoms with E-state index in [9.17, 15) is 29.4 Å². The van der Waals surface area contributed by atoms with Crippen LogP contribution < -0.4 is 21.7 Å². The highest BCUT2D eigenvalue weighted by Gasteiger charge is 2.30. The van der Waals surface area contributed by atoms with Gasteiger partial charge in [-0.1, -0.05) is 44.2 Å². The Bertz CT molecular complexity index is 777. The average molecular weight is 469 g/mol. The molecule has 0 aliphatic rings. The molecule has 0 radical (unpaired) electrons. The molecule has 0 bridgehead atoms. The molecule has 4 unspecified atom stereocenters. The van der Waals surface area contributed by atoms with Crippen molar-refractivity contribution in [1.29, 1.82) is 0 Å². The van der Waals surface area contributed by atoms with Gasteiger partial charge in [0.05, 0.1) is 12.6 Å². The molecule has 1 rings (SSSR count). The van der Waals surface area contributed by atoms with Crippen molar-refractivity contribution >= 4 is 36.3 Å². The molecule has 1 aromatic rings. The van der Waals surface area contributed by atoms with Crippen LogP contribution in [0.4, 0.5) is 0 Å². The molecule has 0 fully saturated rings. The van der Waals surface area contributed by atoms with E-state index in [1.54, 1.807) is 30.3 Å². The summed E-state index contributed by atoms with van der Waals surface area (Å²) < 4.78 is 0. The maximum absolute atomic E-state index is 12.7. The topological polar surface area (TPSA) is 171 Å². The quantitative estimate of drug-likeness (QED) is 0.183. The van der Waals surface area contributed by atoms with Gasteiger partial charge in [-0.15, -0.1) is 0 Å². The van der Waals surface area contributed by atoms with Crippen LogP contribution in [0.3, 0.4) is 0 Å². The molecule has 11 heteroatoms. The predicted octanol–water partition coefficient (Wildman–Crippen LogP) is -0.936. The molecule has 32 heavy (non-hydrogen) atoms. The van der Waals surface area contributed by atoms with E-state index in [0.717, 1.165) is 0 Å². The number of aliphatic hydroxyl groups is 1. The zero-order chi connectivity index (χ0) is 24.3. The standard InChI is InChI=1S/C21H32N4O6S/c1-12(2)8-15(23-18(27)14(22)11-32)19(28)25-17(10-26)20(29)24-16(21(30)31)9-13-6-4-3-5-7-13/h3-7,12,14-17,26,32H,8-11,22H2,1-2H3,(H,23,27)(H,24,29)(H,25,28)(H,30,31). The van der Waals surface area contributed by atoms with Gasteiger partial charge in [-0.2, -0.15) is 12.6 Å². The van der Waals surface area contributed by atoms with Crippen LogP contribution in [-0.2, 0) is 25.6 Å². The van der Waals surface area contributed by atoms with Crippen molar-refractivity contribution in [2.24, 2.45) is 11.7 Å². The Kier molecular flexibility index (Phi) is 11.7. The van der Waals surface area contributed by atoms with Gasteiger partial charge in [0.2, 0.25) is 17.7 Å². The van der Waals surface area contributed by atoms with Gasteiger partial charge < -0.3 is 31.9 Å². The van der Waals surface area contributed by atoms with E-state index in [1.807, 2.05) is 13.8 Å². The van der Waals surface area contributed by atoms with Crippen molar-refractivity contribution in [3.63, 3.8) is 0 Å². The number of carboxylic acid groups (broad SMARTS) is 1. The number of amides is 3. The Morgan fingerprint density at radius 1 is 0.938 bits per heavy atom. The first-order chi connectivity index (χ1) is 15.1. The molecule has 0 spiro atoms. The average Bonchev–Trinajstić information content (AvgIpc) is 2.75. The number of carbonyl (C=O) groups excluding carboxylic acids is 3. The Labute approximate surface area is 192 Å². The van der Waals surface area contributed by atoms with Crippen LogP contribution in [0.1, 0.15) is 25.8 Å². The second-order valence-electron chi connectivity index (χ2n) is 7.81. The van der Waals surface area contributed by atoms with Crippen molar-refractivity contribution in [3.05, 3.63) is 35.9 Å². The van der Waals surface area contributed by atoms with Gasteiger partial charge in [-0.3, -0.25) is 14.4 Å². The number of nitrogens with one attached hydrogen (secondary N) is 3.